The minimum absolute atomic E-state index is 0.132. The van der Waals surface area contributed by atoms with Crippen LogP contribution in [0.25, 0.3) is 0 Å². The number of hydrogen-bond acceptors (Lipinski definition) is 6. The zero-order chi connectivity index (χ0) is 18.0. The minimum atomic E-state index is -2.88. The van der Waals surface area contributed by atoms with Crippen molar-refractivity contribution in [1.29, 1.82) is 0 Å². The fraction of sp³-hybridized carbons (Fsp3) is 0.500. The van der Waals surface area contributed by atoms with Crippen molar-refractivity contribution in [3.05, 3.63) is 33.8 Å². The molecule has 0 amide bonds. The van der Waals surface area contributed by atoms with Crippen molar-refractivity contribution in [1.82, 2.24) is 9.78 Å². The van der Waals surface area contributed by atoms with Gasteiger partial charge in [-0.1, -0.05) is 29.0 Å². The van der Waals surface area contributed by atoms with Gasteiger partial charge in [-0.05, 0) is 38.2 Å². The van der Waals surface area contributed by atoms with Gasteiger partial charge in [0.25, 0.3) is 0 Å². The lowest BCUT2D eigenvalue weighted by Crippen LogP contribution is -3.15. The third kappa shape index (κ3) is 4.66. The highest BCUT2D eigenvalue weighted by molar-refractivity contribution is 7.91. The van der Waals surface area contributed by atoms with E-state index < -0.39 is 9.84 Å². The molecule has 2 heterocycles. The quantitative estimate of drug-likeness (QED) is 0.725. The first-order chi connectivity index (χ1) is 11.9. The SMILES string of the molecule is CC[NH+](Cn1nc(Nc2ccc(C)cc2)sc1=S)[C@@H]1CCS(=O)(=O)C1. The number of hydrogen-bond donors (Lipinski definition) is 2. The van der Waals surface area contributed by atoms with Crippen LogP contribution in [0.2, 0.25) is 0 Å². The van der Waals surface area contributed by atoms with Crippen molar-refractivity contribution >= 4 is 44.2 Å². The van der Waals surface area contributed by atoms with Gasteiger partial charge in [0.1, 0.15) is 11.8 Å². The normalized spacial score (nSPS) is 20.5. The van der Waals surface area contributed by atoms with Crippen LogP contribution in [-0.2, 0) is 16.5 Å². The number of benzene rings is 1. The van der Waals surface area contributed by atoms with E-state index in [-0.39, 0.29) is 11.8 Å². The van der Waals surface area contributed by atoms with Gasteiger partial charge in [0, 0.05) is 12.1 Å². The van der Waals surface area contributed by atoms with Crippen LogP contribution in [-0.4, -0.2) is 42.3 Å². The van der Waals surface area contributed by atoms with Crippen molar-refractivity contribution in [2.45, 2.75) is 33.0 Å². The number of nitrogens with one attached hydrogen (secondary N) is 2. The summed E-state index contributed by atoms with van der Waals surface area (Å²) in [5.41, 5.74) is 2.18. The largest absolute Gasteiger partial charge is 0.330 e. The van der Waals surface area contributed by atoms with Crippen molar-refractivity contribution < 1.29 is 13.3 Å². The molecule has 1 saturated heterocycles. The highest BCUT2D eigenvalue weighted by Crippen LogP contribution is 2.20. The lowest BCUT2D eigenvalue weighted by Gasteiger charge is -2.22. The smallest absolute Gasteiger partial charge is 0.209 e. The van der Waals surface area contributed by atoms with E-state index in [0.717, 1.165) is 23.8 Å². The van der Waals surface area contributed by atoms with Gasteiger partial charge in [0.05, 0.1) is 12.3 Å². The Morgan fingerprint density at radius 3 is 2.72 bits per heavy atom. The van der Waals surface area contributed by atoms with Crippen molar-refractivity contribution in [2.24, 2.45) is 0 Å². The Labute approximate surface area is 157 Å². The zero-order valence-corrected chi connectivity index (χ0v) is 16.8. The van der Waals surface area contributed by atoms with E-state index in [1.54, 1.807) is 4.68 Å². The molecule has 1 fully saturated rings. The summed E-state index contributed by atoms with van der Waals surface area (Å²) in [5.74, 6) is 0.561. The molecule has 1 aromatic carbocycles. The van der Waals surface area contributed by atoms with Gasteiger partial charge in [-0.3, -0.25) is 0 Å². The van der Waals surface area contributed by atoms with E-state index in [2.05, 4.69) is 17.3 Å². The third-order valence-corrected chi connectivity index (χ3v) is 7.52. The molecule has 1 aromatic heterocycles. The van der Waals surface area contributed by atoms with Crippen LogP contribution in [0.5, 0.6) is 0 Å². The van der Waals surface area contributed by atoms with E-state index in [0.29, 0.717) is 16.4 Å². The van der Waals surface area contributed by atoms with Crippen LogP contribution in [0.15, 0.2) is 24.3 Å². The fourth-order valence-corrected chi connectivity index (χ4v) is 5.91. The molecule has 1 aliphatic heterocycles. The maximum atomic E-state index is 11.7. The molecule has 25 heavy (non-hydrogen) atoms. The summed E-state index contributed by atoms with van der Waals surface area (Å²) in [7, 11) is -2.88. The minimum Gasteiger partial charge on any atom is -0.330 e. The molecule has 0 spiro atoms. The fourth-order valence-electron chi connectivity index (χ4n) is 3.06. The maximum absolute atomic E-state index is 11.7. The van der Waals surface area contributed by atoms with E-state index >= 15 is 0 Å². The number of sulfone groups is 1. The third-order valence-electron chi connectivity index (χ3n) is 4.53. The molecule has 0 bridgehead atoms. The van der Waals surface area contributed by atoms with E-state index in [4.69, 9.17) is 12.2 Å². The molecule has 136 valence electrons. The maximum Gasteiger partial charge on any atom is 0.209 e. The molecule has 2 aromatic rings. The lowest BCUT2D eigenvalue weighted by molar-refractivity contribution is -0.943. The summed E-state index contributed by atoms with van der Waals surface area (Å²) in [6.45, 7) is 5.57. The summed E-state index contributed by atoms with van der Waals surface area (Å²) >= 11 is 6.88. The van der Waals surface area contributed by atoms with Gasteiger partial charge in [0.2, 0.25) is 5.13 Å². The van der Waals surface area contributed by atoms with Gasteiger partial charge >= 0.3 is 0 Å². The predicted molar refractivity (Wildman–Crippen MR) is 104 cm³/mol. The van der Waals surface area contributed by atoms with E-state index in [1.165, 1.54) is 21.8 Å². The number of aryl methyl sites for hydroxylation is 1. The highest BCUT2D eigenvalue weighted by atomic mass is 32.2. The Kier molecular flexibility index (Phi) is 5.57. The topological polar surface area (TPSA) is 68.4 Å². The van der Waals surface area contributed by atoms with Gasteiger partial charge in [0.15, 0.2) is 20.5 Å². The van der Waals surface area contributed by atoms with Gasteiger partial charge in [-0.2, -0.15) is 4.68 Å². The van der Waals surface area contributed by atoms with Gasteiger partial charge < -0.3 is 10.2 Å². The average Bonchev–Trinajstić information content (AvgIpc) is 3.09. The molecule has 2 N–H and O–H groups in total. The summed E-state index contributed by atoms with van der Waals surface area (Å²) in [6.07, 6.45) is 0.720. The number of aromatic nitrogens is 2. The Morgan fingerprint density at radius 2 is 2.12 bits per heavy atom. The Bertz CT molecular complexity index is 887. The molecule has 1 aliphatic rings. The lowest BCUT2D eigenvalue weighted by atomic mass is 10.2. The van der Waals surface area contributed by atoms with Crippen LogP contribution in [0.3, 0.4) is 0 Å². The second-order valence-electron chi connectivity index (χ2n) is 6.43. The number of rotatable bonds is 6. The summed E-state index contributed by atoms with van der Waals surface area (Å²) in [4.78, 5) is 1.21. The number of nitrogens with zero attached hydrogens (tertiary/aromatic N) is 2. The first-order valence-corrected chi connectivity index (χ1v) is 11.4. The summed E-state index contributed by atoms with van der Waals surface area (Å²) < 4.78 is 26.0. The summed E-state index contributed by atoms with van der Waals surface area (Å²) in [5, 5.41) is 8.61. The van der Waals surface area contributed by atoms with Crippen molar-refractivity contribution in [3.63, 3.8) is 0 Å². The molecule has 1 unspecified atom stereocenters. The Balaban J connectivity index is 1.71. The molecule has 3 rings (SSSR count). The standard InChI is InChI=1S/C16H22N4O2S3/c1-3-19(14-8-9-25(21,22)10-14)11-20-16(23)24-15(18-20)17-13-6-4-12(2)5-7-13/h4-7,14H,3,8-11H2,1-2H3,(H,17,18)/p+1/t14-/m1/s1. The van der Waals surface area contributed by atoms with Crippen LogP contribution in [0.4, 0.5) is 10.8 Å². The predicted octanol–water partition coefficient (Wildman–Crippen LogP) is 1.78. The molecule has 0 radical (unpaired) electrons. The second kappa shape index (κ2) is 7.53. The molecular formula is C16H23N4O2S3+. The van der Waals surface area contributed by atoms with Crippen molar-refractivity contribution in [2.75, 3.05) is 23.4 Å². The number of quaternary nitrogens is 1. The first-order valence-electron chi connectivity index (χ1n) is 8.33. The van der Waals surface area contributed by atoms with Crippen LogP contribution < -0.4 is 10.2 Å². The molecule has 2 atom stereocenters. The second-order valence-corrected chi connectivity index (χ2v) is 10.3. The Hall–Kier alpha value is -1.29. The molecule has 0 saturated carbocycles. The average molecular weight is 400 g/mol. The first kappa shape index (κ1) is 18.5. The van der Waals surface area contributed by atoms with E-state index in [1.807, 2.05) is 31.2 Å². The Morgan fingerprint density at radius 1 is 1.40 bits per heavy atom. The number of anilines is 2. The van der Waals surface area contributed by atoms with Crippen LogP contribution in [0.1, 0.15) is 18.9 Å². The van der Waals surface area contributed by atoms with E-state index in [9.17, 15) is 8.42 Å². The zero-order valence-electron chi connectivity index (χ0n) is 14.4. The van der Waals surface area contributed by atoms with Crippen molar-refractivity contribution in [3.8, 4) is 0 Å². The van der Waals surface area contributed by atoms with Crippen LogP contribution in [0, 0.1) is 10.9 Å². The van der Waals surface area contributed by atoms with Gasteiger partial charge in [-0.25, -0.2) is 8.42 Å². The monoisotopic (exact) mass is 399 g/mol. The molecule has 9 heteroatoms. The van der Waals surface area contributed by atoms with Crippen LogP contribution >= 0.6 is 23.6 Å². The van der Waals surface area contributed by atoms with Gasteiger partial charge in [-0.15, -0.1) is 5.10 Å². The molecular weight excluding hydrogens is 376 g/mol. The highest BCUT2D eigenvalue weighted by Gasteiger charge is 2.35. The molecule has 0 aliphatic carbocycles. The summed E-state index contributed by atoms with van der Waals surface area (Å²) in [6, 6.07) is 8.24. The molecule has 6 nitrogen and oxygen atoms in total.